The van der Waals surface area contributed by atoms with Crippen LogP contribution in [0.15, 0.2) is 0 Å². The van der Waals surface area contributed by atoms with Gasteiger partial charge in [0.05, 0.1) is 6.10 Å². The molecular weight excluding hydrogens is 150 g/mol. The van der Waals surface area contributed by atoms with Crippen molar-refractivity contribution in [1.82, 2.24) is 4.90 Å². The van der Waals surface area contributed by atoms with Gasteiger partial charge in [0.25, 0.3) is 0 Å². The van der Waals surface area contributed by atoms with Gasteiger partial charge in [0.2, 0.25) is 0 Å². The monoisotopic (exact) mass is 171 g/mol. The largest absolute Gasteiger partial charge is 0.380 e. The topological polar surface area (TPSA) is 12.5 Å². The van der Waals surface area contributed by atoms with E-state index in [1.165, 1.54) is 19.4 Å². The van der Waals surface area contributed by atoms with Crippen LogP contribution < -0.4 is 0 Å². The van der Waals surface area contributed by atoms with Gasteiger partial charge in [-0.25, -0.2) is 0 Å². The molecule has 1 aliphatic rings. The summed E-state index contributed by atoms with van der Waals surface area (Å²) in [6.07, 6.45) is 2.96. The molecule has 0 N–H and O–H groups in total. The molecule has 0 radical (unpaired) electrons. The summed E-state index contributed by atoms with van der Waals surface area (Å²) in [7, 11) is 1.82. The van der Waals surface area contributed by atoms with E-state index >= 15 is 0 Å². The summed E-state index contributed by atoms with van der Waals surface area (Å²) in [4.78, 5) is 2.50. The first-order valence-electron chi connectivity index (χ1n) is 4.82. The van der Waals surface area contributed by atoms with Crippen molar-refractivity contribution >= 4 is 0 Å². The maximum Gasteiger partial charge on any atom is 0.0698 e. The van der Waals surface area contributed by atoms with Gasteiger partial charge in [-0.2, -0.15) is 0 Å². The van der Waals surface area contributed by atoms with E-state index in [1.54, 1.807) is 0 Å². The van der Waals surface area contributed by atoms with Crippen molar-refractivity contribution in [2.45, 2.75) is 45.3 Å². The summed E-state index contributed by atoms with van der Waals surface area (Å²) in [5.74, 6) is 0. The van der Waals surface area contributed by atoms with Crippen LogP contribution in [0, 0.1) is 0 Å². The number of hydrogen-bond acceptors (Lipinski definition) is 2. The van der Waals surface area contributed by atoms with Gasteiger partial charge in [0.15, 0.2) is 0 Å². The second-order valence-corrected chi connectivity index (χ2v) is 4.62. The van der Waals surface area contributed by atoms with E-state index in [-0.39, 0.29) is 0 Å². The minimum absolute atomic E-state index is 0.303. The highest BCUT2D eigenvalue weighted by Crippen LogP contribution is 2.20. The first-order chi connectivity index (χ1) is 5.54. The van der Waals surface area contributed by atoms with Crippen molar-refractivity contribution in [3.05, 3.63) is 0 Å². The summed E-state index contributed by atoms with van der Waals surface area (Å²) in [5.41, 5.74) is 0.303. The molecule has 2 nitrogen and oxygen atoms in total. The molecule has 0 saturated carbocycles. The molecule has 0 aromatic rings. The summed E-state index contributed by atoms with van der Waals surface area (Å²) < 4.78 is 5.37. The maximum absolute atomic E-state index is 5.37. The highest BCUT2D eigenvalue weighted by molar-refractivity contribution is 4.82. The highest BCUT2D eigenvalue weighted by Gasteiger charge is 2.27. The predicted molar refractivity (Wildman–Crippen MR) is 51.4 cm³/mol. The predicted octanol–water partition coefficient (Wildman–Crippen LogP) is 1.90. The van der Waals surface area contributed by atoms with Crippen LogP contribution in [0.4, 0.5) is 0 Å². The lowest BCUT2D eigenvalue weighted by Gasteiger charge is -2.41. The Hall–Kier alpha value is -0.0800. The van der Waals surface area contributed by atoms with Gasteiger partial charge in [0.1, 0.15) is 0 Å². The molecule has 0 unspecified atom stereocenters. The fourth-order valence-electron chi connectivity index (χ4n) is 1.74. The van der Waals surface area contributed by atoms with Crippen LogP contribution in [0.3, 0.4) is 0 Å². The summed E-state index contributed by atoms with van der Waals surface area (Å²) in [6, 6.07) is 0. The van der Waals surface area contributed by atoms with Crippen molar-refractivity contribution < 1.29 is 4.74 Å². The molecule has 72 valence electrons. The summed E-state index contributed by atoms with van der Waals surface area (Å²) >= 11 is 0. The first kappa shape index (κ1) is 10.0. The lowest BCUT2D eigenvalue weighted by atomic mass is 10.00. The molecular formula is C10H21NO. The Bertz CT molecular complexity index is 139. The number of nitrogens with zero attached hydrogens (tertiary/aromatic N) is 1. The lowest BCUT2D eigenvalue weighted by Crippen LogP contribution is -2.49. The van der Waals surface area contributed by atoms with E-state index in [1.807, 2.05) is 7.11 Å². The standard InChI is InChI=1S/C10H21NO/c1-10(2,3)11-7-5-6-9(8-11)12-4/h9H,5-8H2,1-4H3/t9-/m1/s1. The molecule has 12 heavy (non-hydrogen) atoms. The van der Waals surface area contributed by atoms with E-state index < -0.39 is 0 Å². The van der Waals surface area contributed by atoms with E-state index in [2.05, 4.69) is 25.7 Å². The number of ether oxygens (including phenoxy) is 1. The van der Waals surface area contributed by atoms with Crippen molar-refractivity contribution in [3.63, 3.8) is 0 Å². The van der Waals surface area contributed by atoms with Crippen LogP contribution in [0.1, 0.15) is 33.6 Å². The fourth-order valence-corrected chi connectivity index (χ4v) is 1.74. The van der Waals surface area contributed by atoms with Crippen LogP contribution in [-0.2, 0) is 4.74 Å². The zero-order valence-electron chi connectivity index (χ0n) is 8.76. The quantitative estimate of drug-likeness (QED) is 0.597. The van der Waals surface area contributed by atoms with Crippen LogP contribution in [-0.4, -0.2) is 36.7 Å². The van der Waals surface area contributed by atoms with Gasteiger partial charge in [-0.3, -0.25) is 4.90 Å². The third-order valence-electron chi connectivity index (χ3n) is 2.66. The van der Waals surface area contributed by atoms with E-state index in [4.69, 9.17) is 4.74 Å². The number of rotatable bonds is 1. The molecule has 2 heteroatoms. The number of methoxy groups -OCH3 is 1. The highest BCUT2D eigenvalue weighted by atomic mass is 16.5. The lowest BCUT2D eigenvalue weighted by molar-refractivity contribution is -0.00307. The third kappa shape index (κ3) is 2.46. The van der Waals surface area contributed by atoms with Crippen molar-refractivity contribution in [1.29, 1.82) is 0 Å². The van der Waals surface area contributed by atoms with Crippen molar-refractivity contribution in [2.75, 3.05) is 20.2 Å². The second kappa shape index (κ2) is 3.75. The second-order valence-electron chi connectivity index (χ2n) is 4.62. The minimum atomic E-state index is 0.303. The molecule has 0 bridgehead atoms. The van der Waals surface area contributed by atoms with Crippen molar-refractivity contribution in [3.8, 4) is 0 Å². The number of hydrogen-bond donors (Lipinski definition) is 0. The third-order valence-corrected chi connectivity index (χ3v) is 2.66. The Morgan fingerprint density at radius 3 is 2.50 bits per heavy atom. The average molecular weight is 171 g/mol. The van der Waals surface area contributed by atoms with E-state index in [9.17, 15) is 0 Å². The average Bonchev–Trinajstić information content (AvgIpc) is 2.03. The number of piperidine rings is 1. The van der Waals surface area contributed by atoms with Gasteiger partial charge in [-0.1, -0.05) is 0 Å². The van der Waals surface area contributed by atoms with Gasteiger partial charge >= 0.3 is 0 Å². The Morgan fingerprint density at radius 1 is 1.33 bits per heavy atom. The molecule has 0 aliphatic carbocycles. The molecule has 0 amide bonds. The first-order valence-corrected chi connectivity index (χ1v) is 4.82. The molecule has 0 aromatic heterocycles. The van der Waals surface area contributed by atoms with Gasteiger partial charge in [0, 0.05) is 19.2 Å². The molecule has 1 atom stereocenters. The van der Waals surface area contributed by atoms with Crippen LogP contribution >= 0.6 is 0 Å². The van der Waals surface area contributed by atoms with Gasteiger partial charge in [-0.05, 0) is 40.2 Å². The SMILES string of the molecule is CO[C@@H]1CCCN(C(C)(C)C)C1. The Labute approximate surface area is 75.9 Å². The summed E-state index contributed by atoms with van der Waals surface area (Å²) in [5, 5.41) is 0. The molecule has 1 saturated heterocycles. The summed E-state index contributed by atoms with van der Waals surface area (Å²) in [6.45, 7) is 9.13. The molecule has 1 heterocycles. The molecule has 1 rings (SSSR count). The van der Waals surface area contributed by atoms with Gasteiger partial charge in [-0.15, -0.1) is 0 Å². The van der Waals surface area contributed by atoms with Crippen molar-refractivity contribution in [2.24, 2.45) is 0 Å². The normalized spacial score (nSPS) is 27.5. The Balaban J connectivity index is 2.46. The van der Waals surface area contributed by atoms with E-state index in [0.29, 0.717) is 11.6 Å². The van der Waals surface area contributed by atoms with Gasteiger partial charge < -0.3 is 4.74 Å². The minimum Gasteiger partial charge on any atom is -0.380 e. The Kier molecular flexibility index (Phi) is 3.13. The zero-order valence-corrected chi connectivity index (χ0v) is 8.76. The zero-order chi connectivity index (χ0) is 9.19. The number of likely N-dealkylation sites (tertiary alicyclic amines) is 1. The maximum atomic E-state index is 5.37. The molecule has 0 spiro atoms. The van der Waals surface area contributed by atoms with Crippen LogP contribution in [0.25, 0.3) is 0 Å². The molecule has 1 fully saturated rings. The van der Waals surface area contributed by atoms with E-state index in [0.717, 1.165) is 6.54 Å². The fraction of sp³-hybridized carbons (Fsp3) is 1.00. The van der Waals surface area contributed by atoms with Crippen LogP contribution in [0.2, 0.25) is 0 Å². The molecule has 1 aliphatic heterocycles. The van der Waals surface area contributed by atoms with Crippen LogP contribution in [0.5, 0.6) is 0 Å². The smallest absolute Gasteiger partial charge is 0.0698 e. The molecule has 0 aromatic carbocycles. The Morgan fingerprint density at radius 2 is 2.00 bits per heavy atom.